The van der Waals surface area contributed by atoms with E-state index in [1.54, 1.807) is 12.3 Å². The molecule has 0 saturated heterocycles. The van der Waals surface area contributed by atoms with Crippen LogP contribution in [0.5, 0.6) is 0 Å². The van der Waals surface area contributed by atoms with Crippen LogP contribution in [0.1, 0.15) is 15.9 Å². The number of hydrogen-bond acceptors (Lipinski definition) is 4. The zero-order valence-corrected chi connectivity index (χ0v) is 12.2. The smallest absolute Gasteiger partial charge is 0.336 e. The summed E-state index contributed by atoms with van der Waals surface area (Å²) in [5.41, 5.74) is 1.45. The molecule has 3 nitrogen and oxygen atoms in total. The maximum Gasteiger partial charge on any atom is 0.336 e. The molecule has 5 heteroatoms. The largest absolute Gasteiger partial charge is 0.478 e. The van der Waals surface area contributed by atoms with E-state index in [-0.39, 0.29) is 0 Å². The third-order valence-corrected chi connectivity index (χ3v) is 4.18. The molecule has 0 bridgehead atoms. The average molecular weight is 291 g/mol. The van der Waals surface area contributed by atoms with E-state index < -0.39 is 5.97 Å². The van der Waals surface area contributed by atoms with Crippen molar-refractivity contribution >= 4 is 29.5 Å². The van der Waals surface area contributed by atoms with E-state index in [1.807, 2.05) is 37.4 Å². The van der Waals surface area contributed by atoms with Gasteiger partial charge < -0.3 is 5.11 Å². The molecule has 0 fully saturated rings. The maximum absolute atomic E-state index is 11.3. The highest BCUT2D eigenvalue weighted by molar-refractivity contribution is 7.99. The van der Waals surface area contributed by atoms with Crippen molar-refractivity contribution in [2.45, 2.75) is 21.7 Å². The summed E-state index contributed by atoms with van der Waals surface area (Å²) in [6, 6.07) is 9.58. The number of benzene rings is 1. The second kappa shape index (κ2) is 6.12. The number of carboxylic acid groups (broad SMARTS) is 1. The molecule has 0 radical (unpaired) electrons. The molecule has 0 aliphatic rings. The molecule has 19 heavy (non-hydrogen) atoms. The lowest BCUT2D eigenvalue weighted by Crippen LogP contribution is -2.00. The van der Waals surface area contributed by atoms with Gasteiger partial charge in [-0.05, 0) is 31.4 Å². The zero-order valence-electron chi connectivity index (χ0n) is 10.6. The topological polar surface area (TPSA) is 50.2 Å². The van der Waals surface area contributed by atoms with Crippen molar-refractivity contribution in [3.8, 4) is 0 Å². The number of aryl methyl sites for hydroxylation is 1. The number of hydrogen-bond donors (Lipinski definition) is 1. The Bertz CT molecular complexity index is 614. The van der Waals surface area contributed by atoms with Gasteiger partial charge in [0, 0.05) is 16.0 Å². The fraction of sp³-hybridized carbons (Fsp3) is 0.143. The zero-order chi connectivity index (χ0) is 13.8. The molecule has 0 spiro atoms. The van der Waals surface area contributed by atoms with Gasteiger partial charge in [0.15, 0.2) is 0 Å². The first kappa shape index (κ1) is 14.0. The molecule has 0 amide bonds. The number of carbonyl (C=O) groups is 1. The predicted molar refractivity (Wildman–Crippen MR) is 78.3 cm³/mol. The molecule has 1 heterocycles. The Balaban J connectivity index is 2.36. The minimum atomic E-state index is -0.923. The van der Waals surface area contributed by atoms with Gasteiger partial charge in [-0.15, -0.1) is 11.8 Å². The SMILES string of the molecule is CSc1cc(C(=O)O)c(Sc2cccc(C)c2)cn1. The molecular weight excluding hydrogens is 278 g/mol. The van der Waals surface area contributed by atoms with E-state index >= 15 is 0 Å². The lowest BCUT2D eigenvalue weighted by Gasteiger charge is -2.07. The number of aromatic carboxylic acids is 1. The quantitative estimate of drug-likeness (QED) is 0.864. The van der Waals surface area contributed by atoms with Gasteiger partial charge in [-0.25, -0.2) is 9.78 Å². The molecule has 2 aromatic rings. The number of thioether (sulfide) groups is 1. The van der Waals surface area contributed by atoms with E-state index in [4.69, 9.17) is 0 Å². The standard InChI is InChI=1S/C14H13NO2S2/c1-9-4-3-5-10(6-9)19-12-8-15-13(18-2)7-11(12)14(16)17/h3-8H,1-2H3,(H,16,17). The molecule has 1 N–H and O–H groups in total. The van der Waals surface area contributed by atoms with Gasteiger partial charge in [0.25, 0.3) is 0 Å². The lowest BCUT2D eigenvalue weighted by molar-refractivity contribution is 0.0692. The van der Waals surface area contributed by atoms with E-state index in [0.29, 0.717) is 15.5 Å². The van der Waals surface area contributed by atoms with E-state index in [2.05, 4.69) is 4.98 Å². The minimum Gasteiger partial charge on any atom is -0.478 e. The highest BCUT2D eigenvalue weighted by Crippen LogP contribution is 2.31. The van der Waals surface area contributed by atoms with Gasteiger partial charge in [-0.3, -0.25) is 0 Å². The third-order valence-electron chi connectivity index (χ3n) is 2.50. The molecule has 2 rings (SSSR count). The summed E-state index contributed by atoms with van der Waals surface area (Å²) in [6.07, 6.45) is 3.50. The minimum absolute atomic E-state index is 0.297. The molecule has 1 aromatic carbocycles. The first-order valence-corrected chi connectivity index (χ1v) is 7.66. The van der Waals surface area contributed by atoms with Crippen molar-refractivity contribution in [2.75, 3.05) is 6.26 Å². The Labute approximate surface area is 120 Å². The number of pyridine rings is 1. The van der Waals surface area contributed by atoms with Crippen LogP contribution in [0.4, 0.5) is 0 Å². The molecule has 0 unspecified atom stereocenters. The van der Waals surface area contributed by atoms with Crippen LogP contribution in [-0.4, -0.2) is 22.3 Å². The van der Waals surface area contributed by atoms with Crippen LogP contribution in [0.3, 0.4) is 0 Å². The van der Waals surface area contributed by atoms with Gasteiger partial charge in [-0.1, -0.05) is 29.5 Å². The number of aromatic nitrogens is 1. The Morgan fingerprint density at radius 3 is 2.74 bits per heavy atom. The second-order valence-corrected chi connectivity index (χ2v) is 5.89. The summed E-state index contributed by atoms with van der Waals surface area (Å²) in [5.74, 6) is -0.923. The van der Waals surface area contributed by atoms with Gasteiger partial charge in [0.05, 0.1) is 10.6 Å². The average Bonchev–Trinajstić information content (AvgIpc) is 2.39. The summed E-state index contributed by atoms with van der Waals surface area (Å²) >= 11 is 2.86. The normalized spacial score (nSPS) is 10.4. The van der Waals surface area contributed by atoms with Crippen molar-refractivity contribution in [1.29, 1.82) is 0 Å². The van der Waals surface area contributed by atoms with Crippen LogP contribution in [0.25, 0.3) is 0 Å². The van der Waals surface area contributed by atoms with Crippen molar-refractivity contribution in [3.05, 3.63) is 47.7 Å². The molecule has 0 aliphatic carbocycles. The molecule has 0 aliphatic heterocycles. The van der Waals surface area contributed by atoms with E-state index in [9.17, 15) is 9.90 Å². The Kier molecular flexibility index (Phi) is 4.50. The van der Waals surface area contributed by atoms with E-state index in [1.165, 1.54) is 23.5 Å². The van der Waals surface area contributed by atoms with Crippen molar-refractivity contribution in [2.24, 2.45) is 0 Å². The molecule has 0 saturated carbocycles. The molecule has 0 atom stereocenters. The van der Waals surface area contributed by atoms with Crippen molar-refractivity contribution in [3.63, 3.8) is 0 Å². The van der Waals surface area contributed by atoms with E-state index in [0.717, 1.165) is 10.5 Å². The van der Waals surface area contributed by atoms with Gasteiger partial charge in [0.2, 0.25) is 0 Å². The molecular formula is C14H13NO2S2. The summed E-state index contributed by atoms with van der Waals surface area (Å²) in [6.45, 7) is 2.01. The first-order valence-electron chi connectivity index (χ1n) is 5.62. The Hall–Kier alpha value is -1.46. The van der Waals surface area contributed by atoms with Crippen LogP contribution in [0, 0.1) is 6.92 Å². The van der Waals surface area contributed by atoms with Gasteiger partial charge >= 0.3 is 5.97 Å². The van der Waals surface area contributed by atoms with Gasteiger partial charge in [0.1, 0.15) is 0 Å². The van der Waals surface area contributed by atoms with Crippen molar-refractivity contribution in [1.82, 2.24) is 4.98 Å². The number of carboxylic acids is 1. The highest BCUT2D eigenvalue weighted by atomic mass is 32.2. The van der Waals surface area contributed by atoms with Crippen LogP contribution in [0.2, 0.25) is 0 Å². The Morgan fingerprint density at radius 2 is 2.11 bits per heavy atom. The fourth-order valence-electron chi connectivity index (χ4n) is 1.59. The Morgan fingerprint density at radius 1 is 1.32 bits per heavy atom. The van der Waals surface area contributed by atoms with Crippen LogP contribution < -0.4 is 0 Å². The third kappa shape index (κ3) is 3.52. The summed E-state index contributed by atoms with van der Waals surface area (Å²) in [4.78, 5) is 17.2. The van der Waals surface area contributed by atoms with Gasteiger partial charge in [-0.2, -0.15) is 0 Å². The van der Waals surface area contributed by atoms with Crippen LogP contribution in [-0.2, 0) is 0 Å². The molecule has 1 aromatic heterocycles. The fourth-order valence-corrected chi connectivity index (χ4v) is 2.99. The number of rotatable bonds is 4. The first-order chi connectivity index (χ1) is 9.10. The maximum atomic E-state index is 11.3. The molecule has 98 valence electrons. The monoisotopic (exact) mass is 291 g/mol. The summed E-state index contributed by atoms with van der Waals surface area (Å²) in [7, 11) is 0. The predicted octanol–water partition coefficient (Wildman–Crippen LogP) is 3.96. The van der Waals surface area contributed by atoms with Crippen LogP contribution >= 0.6 is 23.5 Å². The summed E-state index contributed by atoms with van der Waals surface area (Å²) < 4.78 is 0. The number of nitrogens with zero attached hydrogens (tertiary/aromatic N) is 1. The van der Waals surface area contributed by atoms with Crippen LogP contribution in [0.15, 0.2) is 51.3 Å². The second-order valence-electron chi connectivity index (χ2n) is 3.95. The van der Waals surface area contributed by atoms with Crippen molar-refractivity contribution < 1.29 is 9.90 Å². The highest BCUT2D eigenvalue weighted by Gasteiger charge is 2.13. The lowest BCUT2D eigenvalue weighted by atomic mass is 10.2. The summed E-state index contributed by atoms with van der Waals surface area (Å²) in [5, 5.41) is 9.98.